The Labute approximate surface area is 257 Å². The first-order valence-electron chi connectivity index (χ1n) is 13.3. The summed E-state index contributed by atoms with van der Waals surface area (Å²) < 4.78 is 39.7. The first-order chi connectivity index (χ1) is 19.9. The van der Waals surface area contributed by atoms with Crippen molar-refractivity contribution in [2.75, 3.05) is 25.1 Å². The second-order valence-electron chi connectivity index (χ2n) is 9.62. The molecule has 0 saturated carbocycles. The third-order valence-corrected chi connectivity index (χ3v) is 9.15. The number of rotatable bonds is 13. The van der Waals surface area contributed by atoms with E-state index in [2.05, 4.69) is 5.32 Å². The molecular weight excluding hydrogens is 601 g/mol. The van der Waals surface area contributed by atoms with Gasteiger partial charge >= 0.3 is 0 Å². The summed E-state index contributed by atoms with van der Waals surface area (Å²) in [6.45, 7) is 4.74. The molecule has 2 atom stereocenters. The number of amides is 2. The van der Waals surface area contributed by atoms with E-state index in [0.717, 1.165) is 4.31 Å². The highest BCUT2D eigenvalue weighted by molar-refractivity contribution is 7.92. The van der Waals surface area contributed by atoms with Crippen LogP contribution in [0.5, 0.6) is 11.5 Å². The van der Waals surface area contributed by atoms with E-state index in [9.17, 15) is 18.0 Å². The van der Waals surface area contributed by atoms with Gasteiger partial charge in [0, 0.05) is 28.7 Å². The molecule has 3 aromatic rings. The van der Waals surface area contributed by atoms with Crippen LogP contribution in [0.1, 0.15) is 32.8 Å². The fraction of sp³-hybridized carbons (Fsp3) is 0.333. The van der Waals surface area contributed by atoms with Gasteiger partial charge < -0.3 is 19.7 Å². The number of benzene rings is 3. The van der Waals surface area contributed by atoms with Crippen molar-refractivity contribution in [3.8, 4) is 11.5 Å². The predicted octanol–water partition coefficient (Wildman–Crippen LogP) is 5.54. The molecule has 0 heterocycles. The molecule has 226 valence electrons. The van der Waals surface area contributed by atoms with Crippen LogP contribution in [0, 0.1) is 0 Å². The van der Waals surface area contributed by atoms with Crippen LogP contribution in [0.15, 0.2) is 71.6 Å². The Kier molecular flexibility index (Phi) is 11.5. The van der Waals surface area contributed by atoms with E-state index in [1.54, 1.807) is 55.5 Å². The van der Waals surface area contributed by atoms with Crippen LogP contribution < -0.4 is 19.1 Å². The zero-order valence-corrected chi connectivity index (χ0v) is 26.5. The Balaban J connectivity index is 2.06. The average molecular weight is 637 g/mol. The number of hydrogen-bond acceptors (Lipinski definition) is 6. The van der Waals surface area contributed by atoms with Crippen molar-refractivity contribution in [2.24, 2.45) is 0 Å². The molecule has 0 aliphatic heterocycles. The van der Waals surface area contributed by atoms with Crippen molar-refractivity contribution in [1.29, 1.82) is 0 Å². The minimum atomic E-state index is -4.29. The van der Waals surface area contributed by atoms with Crippen LogP contribution in [0.2, 0.25) is 10.0 Å². The van der Waals surface area contributed by atoms with Gasteiger partial charge in [-0.25, -0.2) is 8.42 Å². The zero-order chi connectivity index (χ0) is 31.0. The number of halogens is 2. The maximum absolute atomic E-state index is 14.0. The lowest BCUT2D eigenvalue weighted by Crippen LogP contribution is -2.52. The fourth-order valence-corrected chi connectivity index (χ4v) is 6.01. The third-order valence-electron chi connectivity index (χ3n) is 6.79. The number of carbonyl (C=O) groups excluding carboxylic acids is 2. The van der Waals surface area contributed by atoms with Gasteiger partial charge in [-0.2, -0.15) is 0 Å². The smallest absolute Gasteiger partial charge is 0.264 e. The van der Waals surface area contributed by atoms with E-state index in [1.165, 1.54) is 37.3 Å². The Morgan fingerprint density at radius 3 is 2.19 bits per heavy atom. The summed E-state index contributed by atoms with van der Waals surface area (Å²) in [6, 6.07) is 16.2. The van der Waals surface area contributed by atoms with Crippen molar-refractivity contribution >= 4 is 50.7 Å². The van der Waals surface area contributed by atoms with Gasteiger partial charge in [-0.15, -0.1) is 0 Å². The Morgan fingerprint density at radius 1 is 0.929 bits per heavy atom. The molecule has 0 aliphatic carbocycles. The highest BCUT2D eigenvalue weighted by Crippen LogP contribution is 2.32. The lowest BCUT2D eigenvalue weighted by molar-refractivity contribution is -0.139. The molecule has 0 aromatic heterocycles. The summed E-state index contributed by atoms with van der Waals surface area (Å²) in [4.78, 5) is 28.4. The summed E-state index contributed by atoms with van der Waals surface area (Å²) >= 11 is 12.5. The largest absolute Gasteiger partial charge is 0.493 e. The number of sulfonamides is 1. The molecule has 0 saturated heterocycles. The molecule has 0 aliphatic rings. The van der Waals surface area contributed by atoms with Gasteiger partial charge in [0.15, 0.2) is 11.5 Å². The molecule has 12 heteroatoms. The number of ether oxygens (including phenoxy) is 2. The van der Waals surface area contributed by atoms with Crippen LogP contribution in [0.3, 0.4) is 0 Å². The van der Waals surface area contributed by atoms with Crippen LogP contribution >= 0.6 is 23.2 Å². The second-order valence-corrected chi connectivity index (χ2v) is 12.3. The second kappa shape index (κ2) is 14.6. The molecular formula is C30H35Cl2N3O6S. The van der Waals surface area contributed by atoms with Crippen molar-refractivity contribution < 1.29 is 27.5 Å². The Bertz CT molecular complexity index is 1500. The monoisotopic (exact) mass is 635 g/mol. The quantitative estimate of drug-likeness (QED) is 0.264. The molecule has 2 amide bonds. The predicted molar refractivity (Wildman–Crippen MR) is 165 cm³/mol. The molecule has 3 aromatic carbocycles. The zero-order valence-electron chi connectivity index (χ0n) is 24.1. The number of para-hydroxylation sites is 1. The summed E-state index contributed by atoms with van der Waals surface area (Å²) in [5.41, 5.74) is 0.813. The minimum Gasteiger partial charge on any atom is -0.493 e. The fourth-order valence-electron chi connectivity index (χ4n) is 4.11. The molecule has 42 heavy (non-hydrogen) atoms. The Morgan fingerprint density at radius 2 is 1.60 bits per heavy atom. The van der Waals surface area contributed by atoms with E-state index >= 15 is 0 Å². The maximum atomic E-state index is 14.0. The molecule has 9 nitrogen and oxygen atoms in total. The third kappa shape index (κ3) is 7.87. The van der Waals surface area contributed by atoms with E-state index in [1.807, 2.05) is 13.8 Å². The van der Waals surface area contributed by atoms with E-state index in [-0.39, 0.29) is 34.8 Å². The molecule has 0 unspecified atom stereocenters. The highest BCUT2D eigenvalue weighted by atomic mass is 35.5. The molecule has 3 rings (SSSR count). The number of methoxy groups -OCH3 is 2. The average Bonchev–Trinajstić information content (AvgIpc) is 2.98. The molecule has 0 bridgehead atoms. The SMILES string of the molecule is CC[C@H](C)NC(=O)[C@@H](C)N(Cc1ccc(Cl)cc1Cl)C(=O)CN(c1ccccc1)S(=O)(=O)c1ccc(OC)c(OC)c1. The number of anilines is 1. The van der Waals surface area contributed by atoms with Crippen LogP contribution in [0.4, 0.5) is 5.69 Å². The van der Waals surface area contributed by atoms with E-state index < -0.39 is 28.5 Å². The lowest BCUT2D eigenvalue weighted by Gasteiger charge is -2.32. The number of nitrogens with zero attached hydrogens (tertiary/aromatic N) is 2. The van der Waals surface area contributed by atoms with Crippen molar-refractivity contribution in [1.82, 2.24) is 10.2 Å². The van der Waals surface area contributed by atoms with Crippen molar-refractivity contribution in [3.05, 3.63) is 82.3 Å². The summed E-state index contributed by atoms with van der Waals surface area (Å²) in [5, 5.41) is 3.62. The standard InChI is InChI=1S/C30H35Cl2N3O6S/c1-6-20(2)33-30(37)21(3)34(18-22-12-13-23(31)16-26(22)32)29(36)19-35(24-10-8-7-9-11-24)42(38,39)25-14-15-27(40-4)28(17-25)41-5/h7-17,20-21H,6,18-19H2,1-5H3,(H,33,37)/t20-,21+/m0/s1. The number of nitrogens with one attached hydrogen (secondary N) is 1. The van der Waals surface area contributed by atoms with Gasteiger partial charge in [0.2, 0.25) is 11.8 Å². The van der Waals surface area contributed by atoms with Gasteiger partial charge in [0.05, 0.1) is 24.8 Å². The van der Waals surface area contributed by atoms with Crippen LogP contribution in [-0.4, -0.2) is 58.0 Å². The van der Waals surface area contributed by atoms with E-state index in [0.29, 0.717) is 27.8 Å². The first kappa shape index (κ1) is 33.0. The summed E-state index contributed by atoms with van der Waals surface area (Å²) in [5.74, 6) is -0.421. The van der Waals surface area contributed by atoms with Gasteiger partial charge in [-0.3, -0.25) is 13.9 Å². The molecule has 0 radical (unpaired) electrons. The summed E-state index contributed by atoms with van der Waals surface area (Å²) in [6.07, 6.45) is 0.695. The first-order valence-corrected chi connectivity index (χ1v) is 15.5. The number of hydrogen-bond donors (Lipinski definition) is 1. The van der Waals surface area contributed by atoms with Crippen molar-refractivity contribution in [3.63, 3.8) is 0 Å². The van der Waals surface area contributed by atoms with E-state index in [4.69, 9.17) is 32.7 Å². The van der Waals surface area contributed by atoms with Gasteiger partial charge in [-0.05, 0) is 62.2 Å². The maximum Gasteiger partial charge on any atom is 0.264 e. The van der Waals surface area contributed by atoms with Gasteiger partial charge in [0.1, 0.15) is 12.6 Å². The minimum absolute atomic E-state index is 0.0526. The van der Waals surface area contributed by atoms with Crippen molar-refractivity contribution in [2.45, 2.75) is 50.7 Å². The molecule has 1 N–H and O–H groups in total. The van der Waals surface area contributed by atoms with Gasteiger partial charge in [0.25, 0.3) is 10.0 Å². The molecule has 0 fully saturated rings. The van der Waals surface area contributed by atoms with Crippen LogP contribution in [0.25, 0.3) is 0 Å². The molecule has 0 spiro atoms. The highest BCUT2D eigenvalue weighted by Gasteiger charge is 2.33. The topological polar surface area (TPSA) is 105 Å². The number of carbonyl (C=O) groups is 2. The Hall–Kier alpha value is -3.47. The normalized spacial score (nSPS) is 12.6. The van der Waals surface area contributed by atoms with Gasteiger partial charge in [-0.1, -0.05) is 54.4 Å². The van der Waals surface area contributed by atoms with Crippen LogP contribution in [-0.2, 0) is 26.2 Å². The lowest BCUT2D eigenvalue weighted by atomic mass is 10.1. The summed E-state index contributed by atoms with van der Waals surface area (Å²) in [7, 11) is -1.44.